The van der Waals surface area contributed by atoms with Crippen molar-refractivity contribution >= 4 is 65.4 Å². The first-order valence-corrected chi connectivity index (χ1v) is 11.9. The number of nitrogens with one attached hydrogen (secondary N) is 2. The summed E-state index contributed by atoms with van der Waals surface area (Å²) in [4.78, 5) is 6.87. The predicted octanol–water partition coefficient (Wildman–Crippen LogP) is 6.88. The summed E-state index contributed by atoms with van der Waals surface area (Å²) in [6, 6.07) is 24.4. The molecule has 7 heteroatoms. The van der Waals surface area contributed by atoms with Crippen molar-refractivity contribution in [2.75, 3.05) is 0 Å². The highest BCUT2D eigenvalue weighted by Crippen LogP contribution is 2.54. The van der Waals surface area contributed by atoms with Gasteiger partial charge in [0.2, 0.25) is 0 Å². The van der Waals surface area contributed by atoms with Crippen molar-refractivity contribution in [2.45, 2.75) is 0 Å². The molecule has 0 amide bonds. The number of para-hydroxylation sites is 3. The molecule has 0 saturated heterocycles. The Kier molecular flexibility index (Phi) is 3.60. The fraction of sp³-hybridized carbons (Fsp3) is 0. The van der Waals surface area contributed by atoms with E-state index in [0.29, 0.717) is 49.3 Å². The summed E-state index contributed by atoms with van der Waals surface area (Å²) in [5.41, 5.74) is 4.13. The summed E-state index contributed by atoms with van der Waals surface area (Å²) in [5.74, 6) is -1.13. The van der Waals surface area contributed by atoms with Crippen LogP contribution in [0.1, 0.15) is 0 Å². The summed E-state index contributed by atoms with van der Waals surface area (Å²) in [7, 11) is 0. The number of phenolic OH excluding ortho intramolecular Hbond substituents is 4. The second-order valence-corrected chi connectivity index (χ2v) is 9.35. The van der Waals surface area contributed by atoms with Crippen LogP contribution >= 0.6 is 0 Å². The summed E-state index contributed by atoms with van der Waals surface area (Å²) < 4.78 is 1.69. The minimum atomic E-state index is -0.310. The fourth-order valence-electron chi connectivity index (χ4n) is 5.95. The Bertz CT molecular complexity index is 2100. The molecule has 0 spiro atoms. The fourth-order valence-corrected chi connectivity index (χ4v) is 5.95. The van der Waals surface area contributed by atoms with E-state index in [1.807, 2.05) is 78.9 Å². The Labute approximate surface area is 208 Å². The lowest BCUT2D eigenvalue weighted by molar-refractivity contribution is 0.410. The van der Waals surface area contributed by atoms with Gasteiger partial charge in [-0.25, -0.2) is 0 Å². The topological polar surface area (TPSA) is 117 Å². The zero-order valence-corrected chi connectivity index (χ0v) is 19.2. The molecule has 5 aromatic carbocycles. The van der Waals surface area contributed by atoms with Gasteiger partial charge in [0.05, 0.1) is 21.8 Å². The molecule has 8 rings (SSSR count). The van der Waals surface area contributed by atoms with E-state index in [-0.39, 0.29) is 23.0 Å². The van der Waals surface area contributed by atoms with Crippen LogP contribution < -0.4 is 0 Å². The number of aromatic amines is 2. The van der Waals surface area contributed by atoms with Crippen LogP contribution in [0, 0.1) is 0 Å². The van der Waals surface area contributed by atoms with Gasteiger partial charge >= 0.3 is 0 Å². The lowest BCUT2D eigenvalue weighted by Gasteiger charge is -2.11. The second-order valence-electron chi connectivity index (χ2n) is 9.35. The van der Waals surface area contributed by atoms with Crippen LogP contribution in [-0.2, 0) is 0 Å². The van der Waals surface area contributed by atoms with Crippen LogP contribution in [0.4, 0.5) is 0 Å². The Morgan fingerprint density at radius 3 is 1.38 bits per heavy atom. The van der Waals surface area contributed by atoms with E-state index in [9.17, 15) is 20.4 Å². The number of phenols is 4. The van der Waals surface area contributed by atoms with Crippen molar-refractivity contribution in [1.82, 2.24) is 14.5 Å². The predicted molar refractivity (Wildman–Crippen MR) is 146 cm³/mol. The maximum atomic E-state index is 11.5. The van der Waals surface area contributed by atoms with Crippen molar-refractivity contribution in [3.8, 4) is 28.7 Å². The van der Waals surface area contributed by atoms with Gasteiger partial charge in [-0.05, 0) is 24.3 Å². The van der Waals surface area contributed by atoms with Gasteiger partial charge in [-0.3, -0.25) is 0 Å². The maximum absolute atomic E-state index is 11.5. The third kappa shape index (κ3) is 2.31. The lowest BCUT2D eigenvalue weighted by Crippen LogP contribution is -1.94. The van der Waals surface area contributed by atoms with Gasteiger partial charge in [-0.2, -0.15) is 0 Å². The first kappa shape index (κ1) is 19.9. The molecule has 0 saturated carbocycles. The molecule has 0 aliphatic rings. The summed E-state index contributed by atoms with van der Waals surface area (Å²) in [5, 5.41) is 49.3. The van der Waals surface area contributed by atoms with Gasteiger partial charge in [0, 0.05) is 38.3 Å². The number of hydrogen-bond acceptors (Lipinski definition) is 4. The van der Waals surface area contributed by atoms with Gasteiger partial charge in [0.25, 0.3) is 0 Å². The highest BCUT2D eigenvalue weighted by molar-refractivity contribution is 6.36. The van der Waals surface area contributed by atoms with Gasteiger partial charge < -0.3 is 35.0 Å². The monoisotopic (exact) mass is 485 g/mol. The van der Waals surface area contributed by atoms with E-state index in [0.717, 1.165) is 21.8 Å². The number of hydrogen-bond donors (Lipinski definition) is 6. The van der Waals surface area contributed by atoms with E-state index in [1.165, 1.54) is 0 Å². The van der Waals surface area contributed by atoms with Crippen molar-refractivity contribution in [1.29, 1.82) is 0 Å². The number of aromatic nitrogens is 3. The number of rotatable bonds is 1. The molecule has 0 unspecified atom stereocenters. The molecule has 8 aromatic rings. The molecule has 0 radical (unpaired) electrons. The largest absolute Gasteiger partial charge is 0.504 e. The van der Waals surface area contributed by atoms with E-state index in [2.05, 4.69) is 9.97 Å². The lowest BCUT2D eigenvalue weighted by atomic mass is 10.0. The molecule has 3 aromatic heterocycles. The van der Waals surface area contributed by atoms with Gasteiger partial charge in [-0.15, -0.1) is 0 Å². The van der Waals surface area contributed by atoms with Crippen molar-refractivity contribution in [3.05, 3.63) is 78.9 Å². The molecule has 178 valence electrons. The van der Waals surface area contributed by atoms with Crippen LogP contribution in [0.15, 0.2) is 78.9 Å². The minimum absolute atomic E-state index is 0.253. The van der Waals surface area contributed by atoms with E-state index in [1.54, 1.807) is 4.57 Å². The number of benzene rings is 5. The quantitative estimate of drug-likeness (QED) is 0.142. The Balaban J connectivity index is 1.78. The molecule has 0 fully saturated rings. The van der Waals surface area contributed by atoms with Crippen LogP contribution in [-0.4, -0.2) is 35.0 Å². The van der Waals surface area contributed by atoms with E-state index in [4.69, 9.17) is 0 Å². The molecule has 0 bridgehead atoms. The average Bonchev–Trinajstić information content (AvgIpc) is 3.60. The molecular formula is C30H19N3O4. The molecule has 7 nitrogen and oxygen atoms in total. The van der Waals surface area contributed by atoms with Gasteiger partial charge in [0.15, 0.2) is 23.0 Å². The number of nitrogens with zero attached hydrogens (tertiary/aromatic N) is 1. The zero-order chi connectivity index (χ0) is 25.0. The van der Waals surface area contributed by atoms with Gasteiger partial charge in [-0.1, -0.05) is 54.6 Å². The van der Waals surface area contributed by atoms with Crippen molar-refractivity contribution in [2.24, 2.45) is 0 Å². The number of H-pyrrole nitrogens is 2. The molecule has 37 heavy (non-hydrogen) atoms. The van der Waals surface area contributed by atoms with Crippen LogP contribution in [0.5, 0.6) is 23.0 Å². The molecular weight excluding hydrogens is 466 g/mol. The highest BCUT2D eigenvalue weighted by atomic mass is 16.3. The minimum Gasteiger partial charge on any atom is -0.504 e. The van der Waals surface area contributed by atoms with E-state index < -0.39 is 0 Å². The molecule has 0 aliphatic heterocycles. The molecule has 0 aliphatic carbocycles. The SMILES string of the molecule is Oc1c(O)c2c(c3[nH]c4ccccc4c13)c1c3[nH]c4ccccc4c3c(O)c(O)c1n2-c1ccccc1. The maximum Gasteiger partial charge on any atom is 0.183 e. The number of aromatic hydroxyl groups is 4. The van der Waals surface area contributed by atoms with Gasteiger partial charge in [0.1, 0.15) is 11.0 Å². The average molecular weight is 485 g/mol. The Morgan fingerprint density at radius 1 is 0.459 bits per heavy atom. The first-order valence-electron chi connectivity index (χ1n) is 11.9. The second kappa shape index (κ2) is 6.67. The highest BCUT2D eigenvalue weighted by Gasteiger charge is 2.30. The van der Waals surface area contributed by atoms with Crippen LogP contribution in [0.25, 0.3) is 71.1 Å². The summed E-state index contributed by atoms with van der Waals surface area (Å²) in [6.07, 6.45) is 0. The Hall–Kier alpha value is -5.30. The summed E-state index contributed by atoms with van der Waals surface area (Å²) in [6.45, 7) is 0. The van der Waals surface area contributed by atoms with Crippen LogP contribution in [0.2, 0.25) is 0 Å². The third-order valence-corrected chi connectivity index (χ3v) is 7.47. The zero-order valence-electron chi connectivity index (χ0n) is 19.2. The van der Waals surface area contributed by atoms with Crippen molar-refractivity contribution < 1.29 is 20.4 Å². The summed E-state index contributed by atoms with van der Waals surface area (Å²) >= 11 is 0. The third-order valence-electron chi connectivity index (χ3n) is 7.47. The van der Waals surface area contributed by atoms with Crippen molar-refractivity contribution in [3.63, 3.8) is 0 Å². The Morgan fingerprint density at radius 2 is 0.892 bits per heavy atom. The molecule has 6 N–H and O–H groups in total. The smallest absolute Gasteiger partial charge is 0.183 e. The van der Waals surface area contributed by atoms with Crippen LogP contribution in [0.3, 0.4) is 0 Å². The molecule has 0 atom stereocenters. The normalized spacial score (nSPS) is 12.2. The molecule has 3 heterocycles. The standard InChI is InChI=1S/C30H19N3O4/c34-27-19-15-10-4-6-12-17(15)31-23(19)21-22-24-20(16-11-5-7-13-18(16)32-24)28(35)30(37)26(22)33(25(21)29(27)36)14-8-2-1-3-9-14/h1-13,31-32,34-37H. The number of fused-ring (bicyclic) bond motifs is 11. The van der Waals surface area contributed by atoms with E-state index >= 15 is 0 Å². The first-order chi connectivity index (χ1) is 18.1.